The molecule has 98 valence electrons. The molecule has 0 saturated heterocycles. The second-order valence-corrected chi connectivity index (χ2v) is 5.07. The number of hydrogen-bond donors (Lipinski definition) is 0. The van der Waals surface area contributed by atoms with Gasteiger partial charge in [0, 0.05) is 5.56 Å². The third-order valence-electron chi connectivity index (χ3n) is 3.17. The van der Waals surface area contributed by atoms with Gasteiger partial charge in [0.05, 0.1) is 5.41 Å². The van der Waals surface area contributed by atoms with E-state index in [1.54, 1.807) is 12.1 Å². The molecule has 1 rings (SSSR count). The van der Waals surface area contributed by atoms with E-state index in [0.717, 1.165) is 12.0 Å². The van der Waals surface area contributed by atoms with Crippen LogP contribution in [0.25, 0.3) is 0 Å². The second-order valence-electron chi connectivity index (χ2n) is 5.07. The largest absolute Gasteiger partial charge is 0.460 e. The summed E-state index contributed by atoms with van der Waals surface area (Å²) < 4.78 is 5.26. The molecule has 0 N–H and O–H groups in total. The number of ether oxygens (including phenoxy) is 1. The predicted octanol–water partition coefficient (Wildman–Crippen LogP) is 3.37. The Hall–Kier alpha value is -1.64. The molecular weight excluding hydrogens is 228 g/mol. The van der Waals surface area contributed by atoms with Crippen LogP contribution in [0.5, 0.6) is 0 Å². The number of Topliss-reactive ketones (excluding diaryl/α,β-unsaturated/α-hetero) is 1. The van der Waals surface area contributed by atoms with Crippen molar-refractivity contribution in [3.63, 3.8) is 0 Å². The monoisotopic (exact) mass is 248 g/mol. The first-order valence-corrected chi connectivity index (χ1v) is 6.14. The summed E-state index contributed by atoms with van der Waals surface area (Å²) in [6, 6.07) is 7.11. The highest BCUT2D eigenvalue weighted by atomic mass is 16.5. The van der Waals surface area contributed by atoms with Crippen molar-refractivity contribution in [1.29, 1.82) is 0 Å². The van der Waals surface area contributed by atoms with Crippen molar-refractivity contribution < 1.29 is 14.3 Å². The first-order chi connectivity index (χ1) is 8.36. The minimum absolute atomic E-state index is 0.0330. The van der Waals surface area contributed by atoms with Gasteiger partial charge in [0.15, 0.2) is 5.78 Å². The van der Waals surface area contributed by atoms with Crippen LogP contribution in [-0.2, 0) is 16.1 Å². The Labute approximate surface area is 108 Å². The molecule has 0 aliphatic carbocycles. The molecule has 0 fully saturated rings. The van der Waals surface area contributed by atoms with Crippen LogP contribution in [0.2, 0.25) is 0 Å². The van der Waals surface area contributed by atoms with E-state index < -0.39 is 5.41 Å². The summed E-state index contributed by atoms with van der Waals surface area (Å²) >= 11 is 0. The van der Waals surface area contributed by atoms with Gasteiger partial charge < -0.3 is 4.74 Å². The number of benzene rings is 1. The van der Waals surface area contributed by atoms with Crippen LogP contribution in [0.3, 0.4) is 0 Å². The lowest BCUT2D eigenvalue weighted by Crippen LogP contribution is -2.25. The summed E-state index contributed by atoms with van der Waals surface area (Å²) in [6.07, 6.45) is 0.745. The molecule has 0 aliphatic rings. The van der Waals surface area contributed by atoms with Gasteiger partial charge in [-0.25, -0.2) is 0 Å². The first kappa shape index (κ1) is 14.4. The molecule has 0 spiro atoms. The van der Waals surface area contributed by atoms with E-state index in [2.05, 4.69) is 0 Å². The number of carbonyl (C=O) groups is 2. The minimum Gasteiger partial charge on any atom is -0.460 e. The van der Waals surface area contributed by atoms with Crippen molar-refractivity contribution >= 4 is 11.8 Å². The summed E-state index contributed by atoms with van der Waals surface area (Å²) in [4.78, 5) is 22.9. The van der Waals surface area contributed by atoms with Crippen LogP contribution in [0.1, 0.15) is 50.0 Å². The molecular formula is C15H20O3. The van der Waals surface area contributed by atoms with E-state index >= 15 is 0 Å². The zero-order chi connectivity index (χ0) is 13.8. The second kappa shape index (κ2) is 5.80. The molecule has 1 aromatic rings. The minimum atomic E-state index is -0.445. The molecule has 3 nitrogen and oxygen atoms in total. The molecule has 18 heavy (non-hydrogen) atoms. The van der Waals surface area contributed by atoms with Crippen LogP contribution in [0.15, 0.2) is 24.3 Å². The van der Waals surface area contributed by atoms with Crippen molar-refractivity contribution in [2.45, 2.75) is 40.7 Å². The molecule has 0 atom stereocenters. The Balaban J connectivity index is 2.59. The van der Waals surface area contributed by atoms with Gasteiger partial charge in [-0.3, -0.25) is 9.59 Å². The molecule has 0 unspecified atom stereocenters. The maximum atomic E-state index is 11.8. The summed E-state index contributed by atoms with van der Waals surface area (Å²) in [5.74, 6) is -0.161. The third kappa shape index (κ3) is 3.69. The standard InChI is InChI=1S/C15H20O3/c1-5-15(3,4)14(17)18-10-12-6-8-13(9-7-12)11(2)16/h6-9H,5,10H2,1-4H3. The van der Waals surface area contributed by atoms with Gasteiger partial charge in [-0.05, 0) is 32.8 Å². The van der Waals surface area contributed by atoms with E-state index in [9.17, 15) is 9.59 Å². The molecule has 0 aliphatic heterocycles. The van der Waals surface area contributed by atoms with Crippen LogP contribution in [0, 0.1) is 5.41 Å². The van der Waals surface area contributed by atoms with Gasteiger partial charge in [0.25, 0.3) is 0 Å². The van der Waals surface area contributed by atoms with Gasteiger partial charge in [0.1, 0.15) is 6.61 Å². The van der Waals surface area contributed by atoms with Crippen LogP contribution in [0.4, 0.5) is 0 Å². The Bertz CT molecular complexity index is 430. The van der Waals surface area contributed by atoms with Crippen LogP contribution < -0.4 is 0 Å². The van der Waals surface area contributed by atoms with Crippen molar-refractivity contribution in [3.05, 3.63) is 35.4 Å². The lowest BCUT2D eigenvalue weighted by molar-refractivity contribution is -0.155. The fourth-order valence-corrected chi connectivity index (χ4v) is 1.32. The van der Waals surface area contributed by atoms with Crippen molar-refractivity contribution in [3.8, 4) is 0 Å². The number of ketones is 1. The maximum absolute atomic E-state index is 11.8. The fourth-order valence-electron chi connectivity index (χ4n) is 1.32. The van der Waals surface area contributed by atoms with Crippen LogP contribution in [-0.4, -0.2) is 11.8 Å². The maximum Gasteiger partial charge on any atom is 0.311 e. The van der Waals surface area contributed by atoms with Gasteiger partial charge >= 0.3 is 5.97 Å². The summed E-state index contributed by atoms with van der Waals surface area (Å²) in [5.41, 5.74) is 1.11. The topological polar surface area (TPSA) is 43.4 Å². The molecule has 0 radical (unpaired) electrons. The van der Waals surface area contributed by atoms with Gasteiger partial charge in [0.2, 0.25) is 0 Å². The zero-order valence-electron chi connectivity index (χ0n) is 11.4. The summed E-state index contributed by atoms with van der Waals surface area (Å²) in [5, 5.41) is 0. The van der Waals surface area contributed by atoms with E-state index in [4.69, 9.17) is 4.74 Å². The average molecular weight is 248 g/mol. The Kier molecular flexibility index (Phi) is 4.65. The van der Waals surface area contributed by atoms with Gasteiger partial charge in [-0.15, -0.1) is 0 Å². The predicted molar refractivity (Wildman–Crippen MR) is 70.3 cm³/mol. The van der Waals surface area contributed by atoms with E-state index in [-0.39, 0.29) is 18.4 Å². The van der Waals surface area contributed by atoms with Gasteiger partial charge in [-0.2, -0.15) is 0 Å². The molecule has 0 bridgehead atoms. The number of esters is 1. The highest BCUT2D eigenvalue weighted by Crippen LogP contribution is 2.22. The summed E-state index contributed by atoms with van der Waals surface area (Å²) in [7, 11) is 0. The summed E-state index contributed by atoms with van der Waals surface area (Å²) in [6.45, 7) is 7.48. The number of rotatable bonds is 5. The van der Waals surface area contributed by atoms with Crippen molar-refractivity contribution in [1.82, 2.24) is 0 Å². The number of carbonyl (C=O) groups excluding carboxylic acids is 2. The van der Waals surface area contributed by atoms with Crippen LogP contribution >= 0.6 is 0 Å². The molecule has 3 heteroatoms. The Morgan fingerprint density at radius 2 is 1.72 bits per heavy atom. The smallest absolute Gasteiger partial charge is 0.311 e. The molecule has 0 aromatic heterocycles. The van der Waals surface area contributed by atoms with E-state index in [0.29, 0.717) is 5.56 Å². The fraction of sp³-hybridized carbons (Fsp3) is 0.467. The Morgan fingerprint density at radius 1 is 1.17 bits per heavy atom. The lowest BCUT2D eigenvalue weighted by Gasteiger charge is -2.20. The van der Waals surface area contributed by atoms with E-state index in [1.807, 2.05) is 32.9 Å². The molecule has 1 aromatic carbocycles. The SMILES string of the molecule is CCC(C)(C)C(=O)OCc1ccc(C(C)=O)cc1. The Morgan fingerprint density at radius 3 is 2.17 bits per heavy atom. The van der Waals surface area contributed by atoms with Crippen molar-refractivity contribution in [2.75, 3.05) is 0 Å². The molecule has 0 heterocycles. The molecule has 0 amide bonds. The highest BCUT2D eigenvalue weighted by molar-refractivity contribution is 5.94. The third-order valence-corrected chi connectivity index (χ3v) is 3.17. The molecule has 0 saturated carbocycles. The first-order valence-electron chi connectivity index (χ1n) is 6.14. The lowest BCUT2D eigenvalue weighted by atomic mass is 9.91. The highest BCUT2D eigenvalue weighted by Gasteiger charge is 2.26. The number of hydrogen-bond acceptors (Lipinski definition) is 3. The van der Waals surface area contributed by atoms with Crippen molar-refractivity contribution in [2.24, 2.45) is 5.41 Å². The average Bonchev–Trinajstić information content (AvgIpc) is 2.36. The normalized spacial score (nSPS) is 11.1. The van der Waals surface area contributed by atoms with E-state index in [1.165, 1.54) is 6.92 Å². The van der Waals surface area contributed by atoms with Gasteiger partial charge in [-0.1, -0.05) is 31.2 Å². The quantitative estimate of drug-likeness (QED) is 0.592. The zero-order valence-corrected chi connectivity index (χ0v) is 11.4.